The Balaban J connectivity index is 2.03. The molecule has 1 amide bonds. The van der Waals surface area contributed by atoms with Gasteiger partial charge in [-0.15, -0.1) is 0 Å². The SMILES string of the molecule is C=C(O)COc1cccc2c1c1c(C(N)=O)cccc1n2Cc1ccccc1. The van der Waals surface area contributed by atoms with Crippen LogP contribution in [0.4, 0.5) is 0 Å². The Hall–Kier alpha value is -3.73. The molecule has 5 heteroatoms. The number of aromatic nitrogens is 1. The van der Waals surface area contributed by atoms with Crippen molar-refractivity contribution in [2.24, 2.45) is 5.73 Å². The number of carbonyl (C=O) groups is 1. The summed E-state index contributed by atoms with van der Waals surface area (Å²) >= 11 is 0. The number of aliphatic hydroxyl groups is 1. The molecule has 1 aromatic heterocycles. The number of nitrogens with zero attached hydrogens (tertiary/aromatic N) is 1. The van der Waals surface area contributed by atoms with Crippen molar-refractivity contribution in [1.82, 2.24) is 4.57 Å². The summed E-state index contributed by atoms with van der Waals surface area (Å²) in [7, 11) is 0. The summed E-state index contributed by atoms with van der Waals surface area (Å²) in [5.74, 6) is 0.00379. The van der Waals surface area contributed by atoms with E-state index in [2.05, 4.69) is 23.3 Å². The zero-order valence-corrected chi connectivity index (χ0v) is 15.3. The van der Waals surface area contributed by atoms with Crippen molar-refractivity contribution in [3.63, 3.8) is 0 Å². The molecule has 140 valence electrons. The number of hydrogen-bond acceptors (Lipinski definition) is 3. The molecule has 4 rings (SSSR count). The summed E-state index contributed by atoms with van der Waals surface area (Å²) in [6, 6.07) is 21.3. The molecule has 0 saturated carbocycles. The van der Waals surface area contributed by atoms with Crippen molar-refractivity contribution < 1.29 is 14.6 Å². The molecule has 0 saturated heterocycles. The summed E-state index contributed by atoms with van der Waals surface area (Å²) in [5, 5.41) is 11.0. The second-order valence-electron chi connectivity index (χ2n) is 6.64. The summed E-state index contributed by atoms with van der Waals surface area (Å²) in [6.07, 6.45) is 0. The van der Waals surface area contributed by atoms with E-state index in [4.69, 9.17) is 10.5 Å². The van der Waals surface area contributed by atoms with Gasteiger partial charge in [0.25, 0.3) is 0 Å². The first-order chi connectivity index (χ1) is 13.6. The van der Waals surface area contributed by atoms with Gasteiger partial charge in [0.2, 0.25) is 5.91 Å². The third-order valence-corrected chi connectivity index (χ3v) is 4.72. The Morgan fingerprint density at radius 1 is 0.964 bits per heavy atom. The van der Waals surface area contributed by atoms with Gasteiger partial charge in [-0.3, -0.25) is 4.79 Å². The molecule has 0 aliphatic rings. The molecule has 0 bridgehead atoms. The average Bonchev–Trinajstić information content (AvgIpc) is 3.01. The molecule has 0 atom stereocenters. The summed E-state index contributed by atoms with van der Waals surface area (Å²) < 4.78 is 7.92. The number of nitrogens with two attached hydrogens (primary N) is 1. The molecule has 5 nitrogen and oxygen atoms in total. The zero-order valence-electron chi connectivity index (χ0n) is 15.3. The zero-order chi connectivity index (χ0) is 19.7. The molecule has 0 aliphatic heterocycles. The predicted octanol–water partition coefficient (Wildman–Crippen LogP) is 4.39. The standard InChI is InChI=1S/C23H20N2O3/c1-15(26)14-28-20-12-6-11-19-22(20)21-17(23(24)27)9-5-10-18(21)25(19)13-16-7-3-2-4-8-16/h2-12,26H,1,13-14H2,(H2,24,27). The molecular weight excluding hydrogens is 352 g/mol. The van der Waals surface area contributed by atoms with Gasteiger partial charge < -0.3 is 20.1 Å². The molecule has 0 spiro atoms. The van der Waals surface area contributed by atoms with Crippen molar-refractivity contribution >= 4 is 27.7 Å². The lowest BCUT2D eigenvalue weighted by molar-refractivity contribution is 0.100. The van der Waals surface area contributed by atoms with Gasteiger partial charge in [0.05, 0.1) is 16.4 Å². The molecule has 1 heterocycles. The fraction of sp³-hybridized carbons (Fsp3) is 0.0870. The van der Waals surface area contributed by atoms with Crippen LogP contribution in [-0.2, 0) is 6.54 Å². The fourth-order valence-electron chi connectivity index (χ4n) is 3.58. The molecule has 4 aromatic rings. The first-order valence-electron chi connectivity index (χ1n) is 8.93. The second kappa shape index (κ2) is 7.12. The molecule has 3 aromatic carbocycles. The van der Waals surface area contributed by atoms with E-state index in [0.29, 0.717) is 17.9 Å². The quantitative estimate of drug-likeness (QED) is 0.493. The maximum absolute atomic E-state index is 12.1. The van der Waals surface area contributed by atoms with Gasteiger partial charge in [-0.05, 0) is 29.8 Å². The Labute approximate surface area is 162 Å². The van der Waals surface area contributed by atoms with Crippen LogP contribution in [0.1, 0.15) is 15.9 Å². The largest absolute Gasteiger partial charge is 0.509 e. The highest BCUT2D eigenvalue weighted by atomic mass is 16.5. The van der Waals surface area contributed by atoms with E-state index in [1.165, 1.54) is 0 Å². The monoisotopic (exact) mass is 372 g/mol. The number of fused-ring (bicyclic) bond motifs is 3. The van der Waals surface area contributed by atoms with E-state index in [0.717, 1.165) is 27.4 Å². The number of primary amides is 1. The maximum atomic E-state index is 12.1. The van der Waals surface area contributed by atoms with Crippen LogP contribution in [0.2, 0.25) is 0 Å². The molecule has 0 fully saturated rings. The van der Waals surface area contributed by atoms with Crippen LogP contribution >= 0.6 is 0 Å². The van der Waals surface area contributed by atoms with E-state index >= 15 is 0 Å². The number of aliphatic hydroxyl groups excluding tert-OH is 1. The van der Waals surface area contributed by atoms with Crippen LogP contribution in [0.3, 0.4) is 0 Å². The van der Waals surface area contributed by atoms with E-state index in [1.807, 2.05) is 48.5 Å². The molecular formula is C23H20N2O3. The number of carbonyl (C=O) groups excluding carboxylic acids is 1. The van der Waals surface area contributed by atoms with Crippen LogP contribution in [0.25, 0.3) is 21.8 Å². The average molecular weight is 372 g/mol. The topological polar surface area (TPSA) is 77.5 Å². The molecule has 28 heavy (non-hydrogen) atoms. The second-order valence-corrected chi connectivity index (χ2v) is 6.64. The summed E-state index contributed by atoms with van der Waals surface area (Å²) in [4.78, 5) is 12.1. The Morgan fingerprint density at radius 2 is 1.64 bits per heavy atom. The minimum Gasteiger partial charge on any atom is -0.509 e. The van der Waals surface area contributed by atoms with Gasteiger partial charge >= 0.3 is 0 Å². The van der Waals surface area contributed by atoms with Crippen molar-refractivity contribution in [2.75, 3.05) is 6.61 Å². The number of benzene rings is 3. The third kappa shape index (κ3) is 3.07. The van der Waals surface area contributed by atoms with E-state index < -0.39 is 5.91 Å². The van der Waals surface area contributed by atoms with Crippen LogP contribution < -0.4 is 10.5 Å². The molecule has 0 radical (unpaired) electrons. The molecule has 0 aliphatic carbocycles. The lowest BCUT2D eigenvalue weighted by Crippen LogP contribution is -2.11. The van der Waals surface area contributed by atoms with E-state index in [-0.39, 0.29) is 12.4 Å². The van der Waals surface area contributed by atoms with Crippen molar-refractivity contribution in [1.29, 1.82) is 0 Å². The van der Waals surface area contributed by atoms with Gasteiger partial charge in [0.1, 0.15) is 18.1 Å². The van der Waals surface area contributed by atoms with Gasteiger partial charge in [-0.1, -0.05) is 49.0 Å². The highest BCUT2D eigenvalue weighted by Gasteiger charge is 2.19. The van der Waals surface area contributed by atoms with Gasteiger partial charge in [-0.25, -0.2) is 0 Å². The maximum Gasteiger partial charge on any atom is 0.249 e. The Bertz CT molecular complexity index is 1190. The van der Waals surface area contributed by atoms with Crippen molar-refractivity contribution in [3.8, 4) is 5.75 Å². The number of amides is 1. The van der Waals surface area contributed by atoms with Crippen LogP contribution in [0, 0.1) is 0 Å². The highest BCUT2D eigenvalue weighted by Crippen LogP contribution is 2.38. The number of ether oxygens (including phenoxy) is 1. The van der Waals surface area contributed by atoms with Crippen LogP contribution in [0.15, 0.2) is 79.1 Å². The van der Waals surface area contributed by atoms with Crippen molar-refractivity contribution in [3.05, 3.63) is 90.2 Å². The fourth-order valence-corrected chi connectivity index (χ4v) is 3.58. The lowest BCUT2D eigenvalue weighted by atomic mass is 10.1. The van der Waals surface area contributed by atoms with Crippen LogP contribution in [-0.4, -0.2) is 22.2 Å². The van der Waals surface area contributed by atoms with E-state index in [1.54, 1.807) is 6.07 Å². The first kappa shape index (κ1) is 17.7. The number of rotatable bonds is 6. The minimum atomic E-state index is -0.495. The summed E-state index contributed by atoms with van der Waals surface area (Å²) in [6.45, 7) is 4.08. The Morgan fingerprint density at radius 3 is 2.32 bits per heavy atom. The predicted molar refractivity (Wildman–Crippen MR) is 111 cm³/mol. The van der Waals surface area contributed by atoms with Gasteiger partial charge in [0.15, 0.2) is 0 Å². The summed E-state index contributed by atoms with van der Waals surface area (Å²) in [5.41, 5.74) is 9.06. The Kier molecular flexibility index (Phi) is 4.49. The van der Waals surface area contributed by atoms with Gasteiger partial charge in [0, 0.05) is 17.5 Å². The highest BCUT2D eigenvalue weighted by molar-refractivity contribution is 6.19. The van der Waals surface area contributed by atoms with Crippen molar-refractivity contribution in [2.45, 2.75) is 6.54 Å². The van der Waals surface area contributed by atoms with E-state index in [9.17, 15) is 9.90 Å². The van der Waals surface area contributed by atoms with Crippen LogP contribution in [0.5, 0.6) is 5.75 Å². The normalized spacial score (nSPS) is 11.0. The van der Waals surface area contributed by atoms with Gasteiger partial charge in [-0.2, -0.15) is 0 Å². The number of hydrogen-bond donors (Lipinski definition) is 2. The minimum absolute atomic E-state index is 0.0246. The third-order valence-electron chi connectivity index (χ3n) is 4.72. The lowest BCUT2D eigenvalue weighted by Gasteiger charge is -2.09. The molecule has 0 unspecified atom stereocenters. The first-order valence-corrected chi connectivity index (χ1v) is 8.93. The molecule has 3 N–H and O–H groups in total. The smallest absolute Gasteiger partial charge is 0.249 e.